The lowest BCUT2D eigenvalue weighted by Crippen LogP contribution is -2.13. The van der Waals surface area contributed by atoms with Crippen LogP contribution < -0.4 is 11.1 Å². The summed E-state index contributed by atoms with van der Waals surface area (Å²) in [5, 5.41) is 15.3. The fraction of sp³-hybridized carbons (Fsp3) is 0. The molecule has 4 N–H and O–H groups in total. The molecule has 0 atom stereocenters. The van der Waals surface area contributed by atoms with E-state index in [2.05, 4.69) is 30.5 Å². The van der Waals surface area contributed by atoms with Crippen LogP contribution in [0.1, 0.15) is 10.5 Å². The van der Waals surface area contributed by atoms with Crippen LogP contribution in [0.3, 0.4) is 0 Å². The number of hydrogen-bond acceptors (Lipinski definition) is 6. The van der Waals surface area contributed by atoms with Crippen LogP contribution in [-0.2, 0) is 0 Å². The van der Waals surface area contributed by atoms with Crippen LogP contribution in [0.5, 0.6) is 0 Å². The van der Waals surface area contributed by atoms with Gasteiger partial charge in [0.05, 0.1) is 11.9 Å². The molecule has 14 heavy (non-hydrogen) atoms. The van der Waals surface area contributed by atoms with Crippen molar-refractivity contribution in [1.29, 1.82) is 0 Å². The van der Waals surface area contributed by atoms with Gasteiger partial charge >= 0.3 is 0 Å². The van der Waals surface area contributed by atoms with Crippen LogP contribution in [0.4, 0.5) is 11.5 Å². The lowest BCUT2D eigenvalue weighted by Gasteiger charge is -1.96. The summed E-state index contributed by atoms with van der Waals surface area (Å²) in [6.45, 7) is 0. The third-order valence-electron chi connectivity index (χ3n) is 1.49. The molecular formula is C6H6N6O2. The largest absolute Gasteiger partial charge is 0.379 e. The van der Waals surface area contributed by atoms with Gasteiger partial charge in [-0.3, -0.25) is 9.89 Å². The van der Waals surface area contributed by atoms with E-state index in [4.69, 9.17) is 5.73 Å². The zero-order valence-electron chi connectivity index (χ0n) is 6.89. The summed E-state index contributed by atoms with van der Waals surface area (Å²) in [4.78, 5) is 11.4. The van der Waals surface area contributed by atoms with Gasteiger partial charge in [0.15, 0.2) is 0 Å². The second-order valence-corrected chi connectivity index (χ2v) is 2.44. The number of aromatic amines is 1. The topological polar surface area (TPSA) is 123 Å². The first-order valence-corrected chi connectivity index (χ1v) is 3.65. The number of rotatable bonds is 2. The Balaban J connectivity index is 2.14. The second-order valence-electron chi connectivity index (χ2n) is 2.44. The van der Waals surface area contributed by atoms with Crippen LogP contribution in [0.2, 0.25) is 0 Å². The molecule has 0 unspecified atom stereocenters. The quantitative estimate of drug-likeness (QED) is 0.599. The summed E-state index contributed by atoms with van der Waals surface area (Å²) in [7, 11) is 0. The Morgan fingerprint density at radius 2 is 2.43 bits per heavy atom. The predicted molar refractivity (Wildman–Crippen MR) is 45.3 cm³/mol. The summed E-state index contributed by atoms with van der Waals surface area (Å²) in [6.07, 6.45) is 2.96. The Hall–Kier alpha value is -2.38. The highest BCUT2D eigenvalue weighted by molar-refractivity contribution is 6.05. The summed E-state index contributed by atoms with van der Waals surface area (Å²) in [5.41, 5.74) is 5.78. The van der Waals surface area contributed by atoms with Crippen molar-refractivity contribution < 1.29 is 9.42 Å². The lowest BCUT2D eigenvalue weighted by molar-refractivity contribution is 0.101. The molecule has 0 aliphatic carbocycles. The third-order valence-corrected chi connectivity index (χ3v) is 1.49. The van der Waals surface area contributed by atoms with Gasteiger partial charge in [-0.25, -0.2) is 4.63 Å². The van der Waals surface area contributed by atoms with Gasteiger partial charge < -0.3 is 11.1 Å². The average molecular weight is 194 g/mol. The van der Waals surface area contributed by atoms with E-state index in [0.717, 1.165) is 0 Å². The summed E-state index contributed by atoms with van der Waals surface area (Å²) in [6, 6.07) is 0. The van der Waals surface area contributed by atoms with Crippen LogP contribution in [-0.4, -0.2) is 26.4 Å². The number of nitrogens with one attached hydrogen (secondary N) is 2. The van der Waals surface area contributed by atoms with Crippen LogP contribution >= 0.6 is 0 Å². The fourth-order valence-electron chi connectivity index (χ4n) is 0.863. The van der Waals surface area contributed by atoms with E-state index in [9.17, 15) is 4.79 Å². The van der Waals surface area contributed by atoms with E-state index in [1.807, 2.05) is 0 Å². The minimum atomic E-state index is -0.495. The molecule has 2 rings (SSSR count). The number of amides is 1. The standard InChI is InChI=1S/C6H6N6O2/c7-5-4(11-14-12-5)6(13)10-3-1-8-9-2-3/h1-2H,(H2,7,12)(H,8,9)(H,10,13). The molecule has 0 fully saturated rings. The van der Waals surface area contributed by atoms with Crippen LogP contribution in [0.25, 0.3) is 0 Å². The molecule has 8 heteroatoms. The Bertz CT molecular complexity index is 433. The molecule has 2 aromatic heterocycles. The van der Waals surface area contributed by atoms with Crippen LogP contribution in [0, 0.1) is 0 Å². The molecule has 0 spiro atoms. The van der Waals surface area contributed by atoms with E-state index >= 15 is 0 Å². The van der Waals surface area contributed by atoms with E-state index in [1.165, 1.54) is 12.4 Å². The van der Waals surface area contributed by atoms with Crippen molar-refractivity contribution in [1.82, 2.24) is 20.5 Å². The van der Waals surface area contributed by atoms with Gasteiger partial charge in [0, 0.05) is 6.20 Å². The van der Waals surface area contributed by atoms with Gasteiger partial charge in [-0.05, 0) is 10.3 Å². The number of nitrogens with zero attached hydrogens (tertiary/aromatic N) is 3. The number of anilines is 2. The van der Waals surface area contributed by atoms with Gasteiger partial charge in [0.25, 0.3) is 5.91 Å². The molecule has 0 bridgehead atoms. The zero-order chi connectivity index (χ0) is 9.97. The molecule has 0 aliphatic heterocycles. The monoisotopic (exact) mass is 194 g/mol. The van der Waals surface area contributed by atoms with Gasteiger partial charge in [-0.1, -0.05) is 0 Å². The normalized spacial score (nSPS) is 10.0. The number of nitrogens with two attached hydrogens (primary N) is 1. The van der Waals surface area contributed by atoms with Crippen molar-refractivity contribution in [2.75, 3.05) is 11.1 Å². The Kier molecular flexibility index (Phi) is 1.86. The third kappa shape index (κ3) is 1.40. The molecule has 72 valence electrons. The highest BCUT2D eigenvalue weighted by atomic mass is 16.6. The minimum Gasteiger partial charge on any atom is -0.379 e. The average Bonchev–Trinajstić information content (AvgIpc) is 2.75. The summed E-state index contributed by atoms with van der Waals surface area (Å²) >= 11 is 0. The van der Waals surface area contributed by atoms with Gasteiger partial charge in [-0.2, -0.15) is 5.10 Å². The molecule has 0 aliphatic rings. The Labute approximate surface area is 77.4 Å². The molecule has 0 saturated heterocycles. The van der Waals surface area contributed by atoms with E-state index in [-0.39, 0.29) is 11.5 Å². The number of H-pyrrole nitrogens is 1. The lowest BCUT2D eigenvalue weighted by atomic mass is 10.4. The molecule has 0 radical (unpaired) electrons. The summed E-state index contributed by atoms with van der Waals surface area (Å²) in [5.74, 6) is -0.545. The molecule has 0 saturated carbocycles. The van der Waals surface area contributed by atoms with Crippen molar-refractivity contribution >= 4 is 17.4 Å². The Morgan fingerprint density at radius 3 is 3.00 bits per heavy atom. The minimum absolute atomic E-state index is 0.0498. The molecule has 8 nitrogen and oxygen atoms in total. The first kappa shape index (κ1) is 8.23. The molecule has 1 amide bonds. The first-order valence-electron chi connectivity index (χ1n) is 3.65. The molecular weight excluding hydrogens is 188 g/mol. The molecule has 0 aromatic carbocycles. The van der Waals surface area contributed by atoms with Crippen LogP contribution in [0.15, 0.2) is 17.0 Å². The smallest absolute Gasteiger partial charge is 0.281 e. The van der Waals surface area contributed by atoms with Gasteiger partial charge in [0.1, 0.15) is 0 Å². The Morgan fingerprint density at radius 1 is 1.57 bits per heavy atom. The highest BCUT2D eigenvalue weighted by Crippen LogP contribution is 2.08. The van der Waals surface area contributed by atoms with Crippen molar-refractivity contribution in [3.63, 3.8) is 0 Å². The van der Waals surface area contributed by atoms with Gasteiger partial charge in [-0.15, -0.1) is 0 Å². The maximum Gasteiger partial charge on any atom is 0.281 e. The maximum atomic E-state index is 11.4. The summed E-state index contributed by atoms with van der Waals surface area (Å²) < 4.78 is 4.28. The number of hydrogen-bond donors (Lipinski definition) is 3. The van der Waals surface area contributed by atoms with Crippen molar-refractivity contribution in [2.24, 2.45) is 0 Å². The van der Waals surface area contributed by atoms with E-state index in [1.54, 1.807) is 0 Å². The predicted octanol–water partition coefficient (Wildman–Crippen LogP) is -0.373. The SMILES string of the molecule is Nc1nonc1C(=O)Nc1cn[nH]c1. The maximum absolute atomic E-state index is 11.4. The first-order chi connectivity index (χ1) is 6.77. The van der Waals surface area contributed by atoms with Crippen molar-refractivity contribution in [3.8, 4) is 0 Å². The van der Waals surface area contributed by atoms with Crippen molar-refractivity contribution in [3.05, 3.63) is 18.1 Å². The van der Waals surface area contributed by atoms with Gasteiger partial charge in [0.2, 0.25) is 11.5 Å². The number of carbonyl (C=O) groups is 1. The fourth-order valence-corrected chi connectivity index (χ4v) is 0.863. The second kappa shape index (κ2) is 3.17. The number of carbonyl (C=O) groups excluding carboxylic acids is 1. The highest BCUT2D eigenvalue weighted by Gasteiger charge is 2.15. The molecule has 2 aromatic rings. The van der Waals surface area contributed by atoms with E-state index in [0.29, 0.717) is 5.69 Å². The zero-order valence-corrected chi connectivity index (χ0v) is 6.89. The molecule has 2 heterocycles. The number of aromatic nitrogens is 4. The van der Waals surface area contributed by atoms with Crippen molar-refractivity contribution in [2.45, 2.75) is 0 Å². The number of nitrogen functional groups attached to an aromatic ring is 1. The van der Waals surface area contributed by atoms with E-state index < -0.39 is 5.91 Å².